The largest absolute Gasteiger partial charge is 0.384 e. The summed E-state index contributed by atoms with van der Waals surface area (Å²) in [7, 11) is 1.70. The van der Waals surface area contributed by atoms with E-state index >= 15 is 0 Å². The Labute approximate surface area is 161 Å². The van der Waals surface area contributed by atoms with E-state index in [1.807, 2.05) is 44.2 Å². The summed E-state index contributed by atoms with van der Waals surface area (Å²) in [6.07, 6.45) is 2.57. The Hall–Kier alpha value is -1.92. The van der Waals surface area contributed by atoms with Crippen LogP contribution in [0.1, 0.15) is 44.7 Å². The molecular formula is C21H30N2O4. The molecule has 148 valence electrons. The fraction of sp³-hybridized carbons (Fsp3) is 0.619. The smallest absolute Gasteiger partial charge is 0.251 e. The van der Waals surface area contributed by atoms with Crippen molar-refractivity contribution in [3.05, 3.63) is 35.9 Å². The number of nitrogens with zero attached hydrogens (tertiary/aromatic N) is 1. The summed E-state index contributed by atoms with van der Waals surface area (Å²) in [4.78, 5) is 27.3. The molecule has 0 radical (unpaired) electrons. The van der Waals surface area contributed by atoms with Crippen LogP contribution in [-0.4, -0.2) is 55.7 Å². The maximum Gasteiger partial charge on any atom is 0.251 e. The molecule has 1 aromatic carbocycles. The first-order chi connectivity index (χ1) is 13.0. The molecule has 1 N–H and O–H groups in total. The molecule has 6 heteroatoms. The summed E-state index contributed by atoms with van der Waals surface area (Å²) in [6, 6.07) is 9.21. The van der Waals surface area contributed by atoms with Crippen molar-refractivity contribution in [3.63, 3.8) is 0 Å². The molecule has 6 nitrogen and oxygen atoms in total. The summed E-state index contributed by atoms with van der Waals surface area (Å²) in [5.41, 5.74) is 0.948. The zero-order chi connectivity index (χ0) is 19.4. The Morgan fingerprint density at radius 2 is 2.04 bits per heavy atom. The quantitative estimate of drug-likeness (QED) is 0.795. The molecule has 0 unspecified atom stereocenters. The lowest BCUT2D eigenvalue weighted by atomic mass is 9.69. The van der Waals surface area contributed by atoms with Crippen molar-refractivity contribution in [2.24, 2.45) is 5.41 Å². The van der Waals surface area contributed by atoms with E-state index in [1.165, 1.54) is 6.42 Å². The Balaban J connectivity index is 1.79. The summed E-state index contributed by atoms with van der Waals surface area (Å²) in [6.45, 7) is 5.10. The summed E-state index contributed by atoms with van der Waals surface area (Å²) < 4.78 is 11.1. The van der Waals surface area contributed by atoms with E-state index in [0.717, 1.165) is 18.4 Å². The van der Waals surface area contributed by atoms with Crippen molar-refractivity contribution in [2.75, 3.05) is 26.9 Å². The molecule has 2 atom stereocenters. The predicted octanol–water partition coefficient (Wildman–Crippen LogP) is 2.30. The molecule has 1 aliphatic carbocycles. The highest BCUT2D eigenvalue weighted by atomic mass is 16.5. The summed E-state index contributed by atoms with van der Waals surface area (Å²) >= 11 is 0. The van der Waals surface area contributed by atoms with Gasteiger partial charge in [-0.15, -0.1) is 0 Å². The highest BCUT2D eigenvalue weighted by Crippen LogP contribution is 2.40. The number of rotatable bonds is 7. The predicted molar refractivity (Wildman–Crippen MR) is 102 cm³/mol. The first-order valence-corrected chi connectivity index (χ1v) is 9.72. The number of hydrogen-bond donors (Lipinski definition) is 1. The Morgan fingerprint density at radius 1 is 1.33 bits per heavy atom. The number of methoxy groups -OCH3 is 1. The van der Waals surface area contributed by atoms with Gasteiger partial charge < -0.3 is 19.7 Å². The number of carbonyl (C=O) groups excluding carboxylic acids is 2. The van der Waals surface area contributed by atoms with Gasteiger partial charge in [-0.1, -0.05) is 36.8 Å². The van der Waals surface area contributed by atoms with E-state index in [-0.39, 0.29) is 29.9 Å². The number of nitrogens with one attached hydrogen (secondary N) is 1. The van der Waals surface area contributed by atoms with Crippen LogP contribution in [0.4, 0.5) is 0 Å². The molecule has 1 saturated carbocycles. The minimum Gasteiger partial charge on any atom is -0.384 e. The molecule has 0 bridgehead atoms. The van der Waals surface area contributed by atoms with Crippen molar-refractivity contribution >= 4 is 11.8 Å². The van der Waals surface area contributed by atoms with E-state index < -0.39 is 12.1 Å². The van der Waals surface area contributed by atoms with Gasteiger partial charge in [0.05, 0.1) is 12.6 Å². The second-order valence-electron chi connectivity index (χ2n) is 7.99. The van der Waals surface area contributed by atoms with Crippen LogP contribution < -0.4 is 5.32 Å². The van der Waals surface area contributed by atoms with Crippen LogP contribution in [0, 0.1) is 5.41 Å². The summed E-state index contributed by atoms with van der Waals surface area (Å²) in [5.74, 6) is -0.248. The summed E-state index contributed by atoms with van der Waals surface area (Å²) in [5, 5.41) is 3.07. The normalized spacial score (nSPS) is 24.6. The lowest BCUT2D eigenvalue weighted by molar-refractivity contribution is -0.167. The molecule has 0 aromatic heterocycles. The molecule has 1 aliphatic heterocycles. The molecular weight excluding hydrogens is 344 g/mol. The number of hydrogen-bond acceptors (Lipinski definition) is 4. The Bertz CT molecular complexity index is 657. The monoisotopic (exact) mass is 374 g/mol. The van der Waals surface area contributed by atoms with Crippen LogP contribution in [-0.2, 0) is 19.1 Å². The number of ether oxygens (including phenoxy) is 2. The molecule has 2 fully saturated rings. The zero-order valence-corrected chi connectivity index (χ0v) is 16.4. The first-order valence-electron chi connectivity index (χ1n) is 9.72. The van der Waals surface area contributed by atoms with Crippen molar-refractivity contribution in [1.82, 2.24) is 10.2 Å². The highest BCUT2D eigenvalue weighted by molar-refractivity contribution is 5.86. The van der Waals surface area contributed by atoms with Gasteiger partial charge in [0.25, 0.3) is 5.91 Å². The van der Waals surface area contributed by atoms with Gasteiger partial charge >= 0.3 is 0 Å². The standard InChI is InChI=1S/C21H30N2O4/c1-15(2)23-17(24)12-27-19(18(23)16-8-5-4-6-9-16)20(25)22-13-21(14-26-3)10-7-11-21/h4-6,8-9,15,18-19H,7,10-14H2,1-3H3,(H,22,25)/t18-,19+/m1/s1. The van der Waals surface area contributed by atoms with E-state index in [1.54, 1.807) is 12.0 Å². The molecule has 1 heterocycles. The number of amides is 2. The van der Waals surface area contributed by atoms with Crippen LogP contribution in [0.3, 0.4) is 0 Å². The van der Waals surface area contributed by atoms with E-state index in [2.05, 4.69) is 5.32 Å². The van der Waals surface area contributed by atoms with Crippen LogP contribution in [0.25, 0.3) is 0 Å². The van der Waals surface area contributed by atoms with Crippen molar-refractivity contribution in [3.8, 4) is 0 Å². The Kier molecular flexibility index (Phi) is 6.17. The van der Waals surface area contributed by atoms with Crippen LogP contribution in [0.15, 0.2) is 30.3 Å². The second-order valence-corrected chi connectivity index (χ2v) is 7.99. The van der Waals surface area contributed by atoms with E-state index in [9.17, 15) is 9.59 Å². The minimum atomic E-state index is -0.716. The van der Waals surface area contributed by atoms with Gasteiger partial charge in [-0.25, -0.2) is 0 Å². The maximum absolute atomic E-state index is 13.0. The third-order valence-corrected chi connectivity index (χ3v) is 5.72. The molecule has 1 aromatic rings. The lowest BCUT2D eigenvalue weighted by Crippen LogP contribution is -2.57. The molecule has 2 amide bonds. The fourth-order valence-corrected chi connectivity index (χ4v) is 4.17. The van der Waals surface area contributed by atoms with Crippen molar-refractivity contribution in [1.29, 1.82) is 0 Å². The molecule has 0 spiro atoms. The topological polar surface area (TPSA) is 67.9 Å². The average molecular weight is 374 g/mol. The molecule has 1 saturated heterocycles. The third kappa shape index (κ3) is 4.17. The first kappa shape index (κ1) is 19.8. The van der Waals surface area contributed by atoms with E-state index in [4.69, 9.17) is 9.47 Å². The second kappa shape index (κ2) is 8.40. The number of benzene rings is 1. The third-order valence-electron chi connectivity index (χ3n) is 5.72. The fourth-order valence-electron chi connectivity index (χ4n) is 4.17. The highest BCUT2D eigenvalue weighted by Gasteiger charge is 2.44. The SMILES string of the molecule is COCC1(CNC(=O)[C@H]2OCC(=O)N(C(C)C)[C@@H]2c2ccccc2)CCC1. The Morgan fingerprint density at radius 3 is 2.59 bits per heavy atom. The molecule has 27 heavy (non-hydrogen) atoms. The van der Waals surface area contributed by atoms with Crippen LogP contribution >= 0.6 is 0 Å². The van der Waals surface area contributed by atoms with Crippen molar-refractivity contribution < 1.29 is 19.1 Å². The van der Waals surface area contributed by atoms with Gasteiger partial charge in [0.2, 0.25) is 5.91 Å². The molecule has 2 aliphatic rings. The van der Waals surface area contributed by atoms with Gasteiger partial charge in [-0.05, 0) is 32.3 Å². The number of morpholine rings is 1. The van der Waals surface area contributed by atoms with Gasteiger partial charge in [0.15, 0.2) is 6.10 Å². The maximum atomic E-state index is 13.0. The molecule has 3 rings (SSSR count). The van der Waals surface area contributed by atoms with Crippen LogP contribution in [0.2, 0.25) is 0 Å². The number of carbonyl (C=O) groups is 2. The average Bonchev–Trinajstić information content (AvgIpc) is 2.63. The van der Waals surface area contributed by atoms with Gasteiger partial charge in [0, 0.05) is 25.1 Å². The zero-order valence-electron chi connectivity index (χ0n) is 16.4. The lowest BCUT2D eigenvalue weighted by Gasteiger charge is -2.44. The van der Waals surface area contributed by atoms with E-state index in [0.29, 0.717) is 13.2 Å². The van der Waals surface area contributed by atoms with Gasteiger partial charge in [-0.3, -0.25) is 9.59 Å². The minimum absolute atomic E-state index is 0.0200. The van der Waals surface area contributed by atoms with Gasteiger partial charge in [0.1, 0.15) is 6.61 Å². The van der Waals surface area contributed by atoms with Gasteiger partial charge in [-0.2, -0.15) is 0 Å². The van der Waals surface area contributed by atoms with Crippen LogP contribution in [0.5, 0.6) is 0 Å². The van der Waals surface area contributed by atoms with Crippen molar-refractivity contribution in [2.45, 2.75) is 51.3 Å².